The number of aldehydes is 1. The zero-order chi connectivity index (χ0) is 20.7. The number of nitrogens with one attached hydrogen (secondary N) is 1. The normalized spacial score (nSPS) is 22.5. The van der Waals surface area contributed by atoms with Crippen molar-refractivity contribution in [3.05, 3.63) is 23.8 Å². The van der Waals surface area contributed by atoms with E-state index >= 15 is 0 Å². The van der Waals surface area contributed by atoms with E-state index in [1.807, 2.05) is 26.0 Å². The van der Waals surface area contributed by atoms with Crippen LogP contribution in [0, 0.1) is 5.92 Å². The van der Waals surface area contributed by atoms with Gasteiger partial charge in [0.25, 0.3) is 0 Å². The Kier molecular flexibility index (Phi) is 7.67. The first-order valence-corrected chi connectivity index (χ1v) is 11.0. The summed E-state index contributed by atoms with van der Waals surface area (Å²) < 4.78 is 11.9. The van der Waals surface area contributed by atoms with Crippen LogP contribution in [0.3, 0.4) is 0 Å². The van der Waals surface area contributed by atoms with Crippen molar-refractivity contribution in [1.82, 2.24) is 10.2 Å². The molecular formula is C23H34N2O4. The molecule has 2 fully saturated rings. The van der Waals surface area contributed by atoms with E-state index in [-0.39, 0.29) is 11.9 Å². The van der Waals surface area contributed by atoms with Gasteiger partial charge in [0.05, 0.1) is 5.92 Å². The lowest BCUT2D eigenvalue weighted by Gasteiger charge is -2.34. The topological polar surface area (TPSA) is 67.9 Å². The Labute approximate surface area is 173 Å². The maximum atomic E-state index is 12.5. The molecular weight excluding hydrogens is 368 g/mol. The number of carbonyl (C=O) groups is 2. The molecule has 1 aromatic rings. The van der Waals surface area contributed by atoms with Crippen LogP contribution in [-0.4, -0.2) is 55.5 Å². The van der Waals surface area contributed by atoms with Crippen molar-refractivity contribution in [3.63, 3.8) is 0 Å². The highest BCUT2D eigenvalue weighted by molar-refractivity contribution is 5.75. The number of esters is 1. The Morgan fingerprint density at radius 2 is 2.07 bits per heavy atom. The lowest BCUT2D eigenvalue weighted by atomic mass is 10.00. The average molecular weight is 403 g/mol. The van der Waals surface area contributed by atoms with Gasteiger partial charge in [-0.2, -0.15) is 0 Å². The van der Waals surface area contributed by atoms with Crippen molar-refractivity contribution in [2.75, 3.05) is 32.7 Å². The van der Waals surface area contributed by atoms with Crippen LogP contribution in [0.25, 0.3) is 0 Å². The fraction of sp³-hybridized carbons (Fsp3) is 0.652. The van der Waals surface area contributed by atoms with E-state index in [2.05, 4.69) is 10.2 Å². The summed E-state index contributed by atoms with van der Waals surface area (Å²) in [6, 6.07) is 5.48. The fourth-order valence-corrected chi connectivity index (χ4v) is 4.14. The minimum absolute atomic E-state index is 0.113. The quantitative estimate of drug-likeness (QED) is 0.410. The molecule has 2 heterocycles. The highest BCUT2D eigenvalue weighted by Crippen LogP contribution is 2.30. The van der Waals surface area contributed by atoms with Crippen molar-refractivity contribution < 1.29 is 19.1 Å². The molecule has 3 rings (SSSR count). The fourth-order valence-electron chi connectivity index (χ4n) is 4.14. The van der Waals surface area contributed by atoms with Crippen LogP contribution in [0.15, 0.2) is 18.2 Å². The molecule has 0 bridgehead atoms. The van der Waals surface area contributed by atoms with E-state index in [0.29, 0.717) is 24.6 Å². The molecule has 2 saturated heterocycles. The minimum Gasteiger partial charge on any atom is -0.478 e. The van der Waals surface area contributed by atoms with Crippen LogP contribution in [0.1, 0.15) is 51.5 Å². The molecule has 0 radical (unpaired) electrons. The van der Waals surface area contributed by atoms with Crippen molar-refractivity contribution in [2.45, 2.75) is 58.0 Å². The highest BCUT2D eigenvalue weighted by atomic mass is 16.5. The highest BCUT2D eigenvalue weighted by Gasteiger charge is 2.31. The van der Waals surface area contributed by atoms with E-state index in [4.69, 9.17) is 9.47 Å². The van der Waals surface area contributed by atoms with Crippen LogP contribution >= 0.6 is 0 Å². The number of benzene rings is 1. The summed E-state index contributed by atoms with van der Waals surface area (Å²) in [5.74, 6) is 0.766. The Morgan fingerprint density at radius 3 is 2.72 bits per heavy atom. The second-order valence-corrected chi connectivity index (χ2v) is 8.46. The lowest BCUT2D eigenvalue weighted by Crippen LogP contribution is -2.48. The molecule has 0 aliphatic carbocycles. The molecule has 29 heavy (non-hydrogen) atoms. The number of piperidine rings is 2. The monoisotopic (exact) mass is 402 g/mol. The van der Waals surface area contributed by atoms with Crippen molar-refractivity contribution in [2.24, 2.45) is 5.92 Å². The Balaban J connectivity index is 1.71. The summed E-state index contributed by atoms with van der Waals surface area (Å²) in [6.07, 6.45) is 7.08. The first-order chi connectivity index (χ1) is 14.0. The molecule has 1 N–H and O–H groups in total. The van der Waals surface area contributed by atoms with Gasteiger partial charge in [-0.25, -0.2) is 0 Å². The molecule has 0 saturated carbocycles. The van der Waals surface area contributed by atoms with Gasteiger partial charge in [-0.1, -0.05) is 19.4 Å². The molecule has 2 aliphatic heterocycles. The van der Waals surface area contributed by atoms with Gasteiger partial charge in [-0.15, -0.1) is 0 Å². The van der Waals surface area contributed by atoms with Gasteiger partial charge in [-0.05, 0) is 70.3 Å². The van der Waals surface area contributed by atoms with E-state index in [9.17, 15) is 9.59 Å². The molecule has 2 aliphatic rings. The maximum Gasteiger partial charge on any atom is 0.315 e. The van der Waals surface area contributed by atoms with E-state index in [0.717, 1.165) is 63.6 Å². The number of hydrogen-bond acceptors (Lipinski definition) is 6. The minimum atomic E-state index is -0.933. The van der Waals surface area contributed by atoms with Crippen molar-refractivity contribution in [3.8, 4) is 11.5 Å². The van der Waals surface area contributed by atoms with E-state index < -0.39 is 5.60 Å². The van der Waals surface area contributed by atoms with Crippen LogP contribution in [0.4, 0.5) is 0 Å². The summed E-state index contributed by atoms with van der Waals surface area (Å²) in [6.45, 7) is 8.06. The molecule has 0 aromatic heterocycles. The Hall–Kier alpha value is -1.92. The van der Waals surface area contributed by atoms with Gasteiger partial charge in [0, 0.05) is 19.2 Å². The number of rotatable bonds is 8. The van der Waals surface area contributed by atoms with Gasteiger partial charge in [0.15, 0.2) is 11.9 Å². The van der Waals surface area contributed by atoms with Gasteiger partial charge in [-0.3, -0.25) is 14.5 Å². The van der Waals surface area contributed by atoms with Crippen LogP contribution in [-0.2, 0) is 16.0 Å². The van der Waals surface area contributed by atoms with Gasteiger partial charge < -0.3 is 14.8 Å². The number of carbonyl (C=O) groups excluding carboxylic acids is 2. The molecule has 0 unspecified atom stereocenters. The van der Waals surface area contributed by atoms with Crippen molar-refractivity contribution in [1.29, 1.82) is 0 Å². The second-order valence-electron chi connectivity index (χ2n) is 8.46. The first kappa shape index (κ1) is 21.8. The van der Waals surface area contributed by atoms with Gasteiger partial charge in [0.2, 0.25) is 0 Å². The summed E-state index contributed by atoms with van der Waals surface area (Å²) in [4.78, 5) is 26.7. The van der Waals surface area contributed by atoms with Crippen LogP contribution < -0.4 is 14.8 Å². The van der Waals surface area contributed by atoms with E-state index in [1.165, 1.54) is 6.42 Å². The summed E-state index contributed by atoms with van der Waals surface area (Å²) in [5.41, 5.74) is 0.0628. The van der Waals surface area contributed by atoms with E-state index in [1.54, 1.807) is 6.07 Å². The molecule has 6 heteroatoms. The third-order valence-corrected chi connectivity index (χ3v) is 5.85. The summed E-state index contributed by atoms with van der Waals surface area (Å²) in [7, 11) is 0. The largest absolute Gasteiger partial charge is 0.478 e. The number of likely N-dealkylation sites (tertiary alicyclic amines) is 1. The van der Waals surface area contributed by atoms with Gasteiger partial charge in [0.1, 0.15) is 11.5 Å². The van der Waals surface area contributed by atoms with Crippen LogP contribution in [0.2, 0.25) is 0 Å². The number of ether oxygens (including phenoxy) is 2. The predicted octanol–water partition coefficient (Wildman–Crippen LogP) is 2.98. The third-order valence-electron chi connectivity index (χ3n) is 5.85. The summed E-state index contributed by atoms with van der Waals surface area (Å²) >= 11 is 0. The second kappa shape index (κ2) is 10.2. The Bertz CT molecular complexity index is 696. The van der Waals surface area contributed by atoms with Crippen molar-refractivity contribution >= 4 is 12.3 Å². The summed E-state index contributed by atoms with van der Waals surface area (Å²) in [5, 5.41) is 3.24. The number of nitrogens with zero attached hydrogens (tertiary/aromatic N) is 1. The first-order valence-electron chi connectivity index (χ1n) is 11.0. The standard InChI is InChI=1S/C23H34N2O4/c1-3-18-9-10-20(28-22(27)19-8-7-11-24-15-19)14-21(18)29-23(2,17-26)16-25-12-5-4-6-13-25/h9-10,14,17,19,24H,3-8,11-13,15-16H2,1-2H3/t19-,23-/m1/s1. The molecule has 0 amide bonds. The molecule has 2 atom stereocenters. The lowest BCUT2D eigenvalue weighted by molar-refractivity contribution is -0.139. The predicted molar refractivity (Wildman–Crippen MR) is 112 cm³/mol. The molecule has 1 aromatic carbocycles. The zero-order valence-electron chi connectivity index (χ0n) is 17.7. The smallest absolute Gasteiger partial charge is 0.315 e. The number of aryl methyl sites for hydroxylation is 1. The molecule has 160 valence electrons. The number of hydrogen-bond donors (Lipinski definition) is 1. The third kappa shape index (κ3) is 6.03. The molecule has 6 nitrogen and oxygen atoms in total. The SMILES string of the molecule is CCc1ccc(OC(=O)[C@@H]2CCCNC2)cc1O[C@@](C)(C=O)CN1CCCCC1. The van der Waals surface area contributed by atoms with Gasteiger partial charge >= 0.3 is 5.97 Å². The average Bonchev–Trinajstić information content (AvgIpc) is 2.75. The van der Waals surface area contributed by atoms with Crippen LogP contribution in [0.5, 0.6) is 11.5 Å². The Morgan fingerprint density at radius 1 is 1.28 bits per heavy atom. The molecule has 0 spiro atoms. The maximum absolute atomic E-state index is 12.5. The zero-order valence-corrected chi connectivity index (χ0v) is 17.7.